The molecule has 1 unspecified atom stereocenters. The first-order chi connectivity index (χ1) is 10.2. The maximum atomic E-state index is 5.64. The average molecular weight is 310 g/mol. The predicted octanol–water partition coefficient (Wildman–Crippen LogP) is 3.65. The normalized spacial score (nSPS) is 16.7. The summed E-state index contributed by atoms with van der Waals surface area (Å²) in [5.74, 6) is 1.77. The fourth-order valence-electron chi connectivity index (χ4n) is 1.93. The van der Waals surface area contributed by atoms with Crippen LogP contribution in [0.15, 0.2) is 22.4 Å². The zero-order chi connectivity index (χ0) is 15.2. The van der Waals surface area contributed by atoms with Gasteiger partial charge >= 0.3 is 5.17 Å². The summed E-state index contributed by atoms with van der Waals surface area (Å²) in [5, 5.41) is 7.83. The molecule has 0 aromatic heterocycles. The van der Waals surface area contributed by atoms with Crippen LogP contribution in [0.5, 0.6) is 17.2 Å². The molecule has 0 amide bonds. The monoisotopic (exact) mass is 310 g/mol. The summed E-state index contributed by atoms with van der Waals surface area (Å²) in [5.41, 5.74) is 0.758. The Hall–Kier alpha value is -1.89. The Labute approximate surface area is 129 Å². The SMILES string of the molecule is CCOc1cc(C2N=NC(=S)O2)cc(OCC)c1OCC. The lowest BCUT2D eigenvalue weighted by molar-refractivity contribution is 0.222. The van der Waals surface area contributed by atoms with E-state index in [2.05, 4.69) is 10.2 Å². The van der Waals surface area contributed by atoms with Crippen molar-refractivity contribution in [1.29, 1.82) is 0 Å². The van der Waals surface area contributed by atoms with Gasteiger partial charge in [-0.1, -0.05) is 0 Å². The van der Waals surface area contributed by atoms with Crippen LogP contribution < -0.4 is 14.2 Å². The van der Waals surface area contributed by atoms with Crippen molar-refractivity contribution in [3.8, 4) is 17.2 Å². The topological polar surface area (TPSA) is 61.6 Å². The van der Waals surface area contributed by atoms with Crippen LogP contribution in [0, 0.1) is 0 Å². The van der Waals surface area contributed by atoms with E-state index in [0.29, 0.717) is 37.1 Å². The molecule has 6 nitrogen and oxygen atoms in total. The minimum absolute atomic E-state index is 0.129. The van der Waals surface area contributed by atoms with Gasteiger partial charge in [0.05, 0.1) is 19.8 Å². The molecule has 7 heteroatoms. The average Bonchev–Trinajstić information content (AvgIpc) is 2.89. The van der Waals surface area contributed by atoms with Crippen LogP contribution in [-0.2, 0) is 4.74 Å². The van der Waals surface area contributed by atoms with Gasteiger partial charge in [-0.15, -0.1) is 10.2 Å². The number of hydrogen-bond acceptors (Lipinski definition) is 6. The van der Waals surface area contributed by atoms with Gasteiger partial charge in [0.15, 0.2) is 11.5 Å². The lowest BCUT2D eigenvalue weighted by Gasteiger charge is -2.18. The van der Waals surface area contributed by atoms with Gasteiger partial charge in [-0.25, -0.2) is 0 Å². The van der Waals surface area contributed by atoms with Crippen molar-refractivity contribution in [3.63, 3.8) is 0 Å². The number of ether oxygens (including phenoxy) is 4. The molecule has 1 aliphatic rings. The lowest BCUT2D eigenvalue weighted by atomic mass is 10.1. The van der Waals surface area contributed by atoms with E-state index >= 15 is 0 Å². The summed E-state index contributed by atoms with van der Waals surface area (Å²) < 4.78 is 22.3. The molecular formula is C14H18N2O4S. The second-order valence-electron chi connectivity index (χ2n) is 4.10. The molecule has 0 radical (unpaired) electrons. The third kappa shape index (κ3) is 3.60. The minimum Gasteiger partial charge on any atom is -0.490 e. The molecule has 0 saturated heterocycles. The first-order valence-corrected chi connectivity index (χ1v) is 7.28. The van der Waals surface area contributed by atoms with Crippen LogP contribution in [0.25, 0.3) is 0 Å². The molecule has 1 atom stereocenters. The number of nitrogens with zero attached hydrogens (tertiary/aromatic N) is 2. The largest absolute Gasteiger partial charge is 0.490 e. The molecule has 21 heavy (non-hydrogen) atoms. The quantitative estimate of drug-likeness (QED) is 0.719. The summed E-state index contributed by atoms with van der Waals surface area (Å²) >= 11 is 4.86. The highest BCUT2D eigenvalue weighted by Gasteiger charge is 2.24. The fourth-order valence-corrected chi connectivity index (χ4v) is 2.07. The molecule has 114 valence electrons. The molecule has 0 bridgehead atoms. The Kier molecular flexibility index (Phi) is 5.32. The van der Waals surface area contributed by atoms with E-state index in [4.69, 9.17) is 31.2 Å². The van der Waals surface area contributed by atoms with Crippen LogP contribution in [0.3, 0.4) is 0 Å². The van der Waals surface area contributed by atoms with Gasteiger partial charge in [-0.3, -0.25) is 0 Å². The van der Waals surface area contributed by atoms with E-state index in [1.165, 1.54) is 0 Å². The fraction of sp³-hybridized carbons (Fsp3) is 0.500. The maximum absolute atomic E-state index is 5.64. The highest BCUT2D eigenvalue weighted by atomic mass is 32.1. The molecule has 1 aliphatic heterocycles. The van der Waals surface area contributed by atoms with E-state index < -0.39 is 6.23 Å². The zero-order valence-corrected chi connectivity index (χ0v) is 13.1. The second kappa shape index (κ2) is 7.21. The molecular weight excluding hydrogens is 292 g/mol. The van der Waals surface area contributed by atoms with Crippen molar-refractivity contribution in [3.05, 3.63) is 17.7 Å². The summed E-state index contributed by atoms with van der Waals surface area (Å²) in [6.07, 6.45) is -0.563. The molecule has 0 saturated carbocycles. The molecule has 0 N–H and O–H groups in total. The van der Waals surface area contributed by atoms with E-state index in [0.717, 1.165) is 5.56 Å². The third-order valence-electron chi connectivity index (χ3n) is 2.67. The van der Waals surface area contributed by atoms with Crippen LogP contribution in [-0.4, -0.2) is 25.0 Å². The van der Waals surface area contributed by atoms with Gasteiger partial charge < -0.3 is 18.9 Å². The van der Waals surface area contributed by atoms with Crippen LogP contribution in [0.1, 0.15) is 32.6 Å². The summed E-state index contributed by atoms with van der Waals surface area (Å²) in [7, 11) is 0. The van der Waals surface area contributed by atoms with Crippen LogP contribution >= 0.6 is 12.2 Å². The Balaban J connectivity index is 2.42. The number of thiocarbonyl (C=S) groups is 1. The number of rotatable bonds is 7. The van der Waals surface area contributed by atoms with Crippen molar-refractivity contribution in [2.45, 2.75) is 27.0 Å². The van der Waals surface area contributed by atoms with Gasteiger partial charge in [0.2, 0.25) is 12.0 Å². The molecule has 1 aromatic rings. The van der Waals surface area contributed by atoms with Crippen molar-refractivity contribution in [2.24, 2.45) is 10.2 Å². The van der Waals surface area contributed by atoms with Crippen molar-refractivity contribution >= 4 is 17.4 Å². The maximum Gasteiger partial charge on any atom is 0.304 e. The smallest absolute Gasteiger partial charge is 0.304 e. The van der Waals surface area contributed by atoms with E-state index in [-0.39, 0.29) is 5.17 Å². The highest BCUT2D eigenvalue weighted by molar-refractivity contribution is 7.80. The van der Waals surface area contributed by atoms with Gasteiger partial charge in [-0.05, 0) is 45.1 Å². The van der Waals surface area contributed by atoms with Gasteiger partial charge in [0, 0.05) is 5.56 Å². The minimum atomic E-state index is -0.563. The predicted molar refractivity (Wildman–Crippen MR) is 81.2 cm³/mol. The van der Waals surface area contributed by atoms with Crippen molar-refractivity contribution in [2.75, 3.05) is 19.8 Å². The van der Waals surface area contributed by atoms with E-state index in [1.54, 1.807) is 0 Å². The van der Waals surface area contributed by atoms with Crippen LogP contribution in [0.4, 0.5) is 0 Å². The first-order valence-electron chi connectivity index (χ1n) is 6.87. The number of azo groups is 1. The lowest BCUT2D eigenvalue weighted by Crippen LogP contribution is -2.05. The Bertz CT molecular complexity index is 521. The van der Waals surface area contributed by atoms with Crippen molar-refractivity contribution < 1.29 is 18.9 Å². The first kappa shape index (κ1) is 15.5. The van der Waals surface area contributed by atoms with Gasteiger partial charge in [-0.2, -0.15) is 0 Å². The van der Waals surface area contributed by atoms with Crippen LogP contribution in [0.2, 0.25) is 0 Å². The van der Waals surface area contributed by atoms with Crippen molar-refractivity contribution in [1.82, 2.24) is 0 Å². The highest BCUT2D eigenvalue weighted by Crippen LogP contribution is 2.42. The van der Waals surface area contributed by atoms with Gasteiger partial charge in [0.1, 0.15) is 0 Å². The Morgan fingerprint density at radius 2 is 1.62 bits per heavy atom. The summed E-state index contributed by atoms with van der Waals surface area (Å²) in [6, 6.07) is 3.63. The zero-order valence-electron chi connectivity index (χ0n) is 12.3. The molecule has 1 heterocycles. The third-order valence-corrected chi connectivity index (χ3v) is 2.85. The van der Waals surface area contributed by atoms with E-state index in [9.17, 15) is 0 Å². The molecule has 1 aromatic carbocycles. The Morgan fingerprint density at radius 1 is 1.05 bits per heavy atom. The molecule has 0 aliphatic carbocycles. The summed E-state index contributed by atoms with van der Waals surface area (Å²) in [4.78, 5) is 0. The van der Waals surface area contributed by atoms with Gasteiger partial charge in [0.25, 0.3) is 0 Å². The second-order valence-corrected chi connectivity index (χ2v) is 4.45. The standard InChI is InChI=1S/C14H18N2O4S/c1-4-17-10-7-9(13-15-16-14(21)20-13)8-11(18-5-2)12(10)19-6-3/h7-8,13H,4-6H2,1-3H3. The molecule has 0 spiro atoms. The van der Waals surface area contributed by atoms with E-state index in [1.807, 2.05) is 32.9 Å². The molecule has 2 rings (SSSR count). The Morgan fingerprint density at radius 3 is 2.05 bits per heavy atom. The molecule has 0 fully saturated rings. The number of hydrogen-bond donors (Lipinski definition) is 0. The number of benzene rings is 1. The summed E-state index contributed by atoms with van der Waals surface area (Å²) in [6.45, 7) is 7.27.